The van der Waals surface area contributed by atoms with Crippen LogP contribution in [0, 0.1) is 0 Å². The molecule has 1 unspecified atom stereocenters. The molecule has 2 aromatic carbocycles. The second kappa shape index (κ2) is 6.48. The Morgan fingerprint density at radius 2 is 2.12 bits per heavy atom. The lowest BCUT2D eigenvalue weighted by Crippen LogP contribution is -2.41. The topological polar surface area (TPSA) is 64.4 Å². The van der Waals surface area contributed by atoms with Crippen LogP contribution in [0.25, 0.3) is 0 Å². The largest absolute Gasteiger partial charge is 0.487 e. The Morgan fingerprint density at radius 1 is 1.33 bits per heavy atom. The van der Waals surface area contributed by atoms with Crippen LogP contribution in [-0.4, -0.2) is 11.5 Å². The first-order valence-corrected chi connectivity index (χ1v) is 8.74. The summed E-state index contributed by atoms with van der Waals surface area (Å²) >= 11 is 3.43. The number of benzene rings is 2. The van der Waals surface area contributed by atoms with Gasteiger partial charge in [0.05, 0.1) is 12.5 Å². The van der Waals surface area contributed by atoms with Crippen molar-refractivity contribution in [2.24, 2.45) is 0 Å². The Kier molecular flexibility index (Phi) is 4.54. The van der Waals surface area contributed by atoms with Crippen LogP contribution >= 0.6 is 15.9 Å². The van der Waals surface area contributed by atoms with Crippen LogP contribution in [0.15, 0.2) is 46.9 Å². The third-order valence-corrected chi connectivity index (χ3v) is 4.57. The molecule has 5 heteroatoms. The molecule has 1 aliphatic heterocycles. The number of fused-ring (bicyclic) bond motifs is 1. The van der Waals surface area contributed by atoms with Crippen LogP contribution < -0.4 is 15.8 Å². The molecule has 1 heterocycles. The van der Waals surface area contributed by atoms with Gasteiger partial charge < -0.3 is 15.8 Å². The first-order chi connectivity index (χ1) is 11.3. The predicted octanol–water partition coefficient (Wildman–Crippen LogP) is 3.99. The Labute approximate surface area is 150 Å². The van der Waals surface area contributed by atoms with E-state index < -0.39 is 0 Å². The molecule has 0 aromatic heterocycles. The van der Waals surface area contributed by atoms with Crippen molar-refractivity contribution in [3.05, 3.63) is 58.1 Å². The van der Waals surface area contributed by atoms with Gasteiger partial charge in [-0.1, -0.05) is 28.1 Å². The Hall–Kier alpha value is -2.01. The maximum Gasteiger partial charge on any atom is 0.224 e. The summed E-state index contributed by atoms with van der Waals surface area (Å²) in [5.41, 5.74) is 8.16. The van der Waals surface area contributed by atoms with E-state index in [0.717, 1.165) is 21.3 Å². The number of carbonyl (C=O) groups is 1. The van der Waals surface area contributed by atoms with E-state index in [1.54, 1.807) is 0 Å². The number of rotatable bonds is 3. The summed E-state index contributed by atoms with van der Waals surface area (Å²) in [7, 11) is 0. The van der Waals surface area contributed by atoms with Gasteiger partial charge in [-0.2, -0.15) is 0 Å². The molecule has 2 aromatic rings. The van der Waals surface area contributed by atoms with Gasteiger partial charge >= 0.3 is 0 Å². The third kappa shape index (κ3) is 3.90. The fourth-order valence-electron chi connectivity index (χ4n) is 3.08. The lowest BCUT2D eigenvalue weighted by molar-refractivity contribution is -0.121. The number of ether oxygens (including phenoxy) is 1. The second-order valence-corrected chi connectivity index (χ2v) is 7.71. The van der Waals surface area contributed by atoms with Gasteiger partial charge in [0.15, 0.2) is 0 Å². The summed E-state index contributed by atoms with van der Waals surface area (Å²) in [6.07, 6.45) is 1.04. The fraction of sp³-hybridized carbons (Fsp3) is 0.316. The number of amides is 1. The average Bonchev–Trinajstić information content (AvgIpc) is 2.47. The van der Waals surface area contributed by atoms with E-state index in [1.165, 1.54) is 0 Å². The van der Waals surface area contributed by atoms with Crippen molar-refractivity contribution in [3.63, 3.8) is 0 Å². The van der Waals surface area contributed by atoms with E-state index in [0.29, 0.717) is 18.5 Å². The fourth-order valence-corrected chi connectivity index (χ4v) is 3.53. The number of hydrogen-bond acceptors (Lipinski definition) is 3. The number of hydrogen-bond donors (Lipinski definition) is 2. The summed E-state index contributed by atoms with van der Waals surface area (Å²) < 4.78 is 6.98. The lowest BCUT2D eigenvalue weighted by Gasteiger charge is -2.38. The van der Waals surface area contributed by atoms with Crippen LogP contribution in [0.4, 0.5) is 5.69 Å². The first-order valence-electron chi connectivity index (χ1n) is 7.95. The summed E-state index contributed by atoms with van der Waals surface area (Å²) in [4.78, 5) is 12.5. The highest BCUT2D eigenvalue weighted by Crippen LogP contribution is 2.40. The number of nitrogens with one attached hydrogen (secondary N) is 1. The van der Waals surface area contributed by atoms with E-state index in [4.69, 9.17) is 10.5 Å². The molecule has 1 amide bonds. The summed E-state index contributed by atoms with van der Waals surface area (Å²) in [6, 6.07) is 13.3. The van der Waals surface area contributed by atoms with Gasteiger partial charge in [0, 0.05) is 22.1 Å². The SMILES string of the molecule is CC1(C)CC(NC(=O)Cc2cccc(Br)c2)c2cc(N)ccc2O1. The summed E-state index contributed by atoms with van der Waals surface area (Å²) in [5.74, 6) is 0.775. The summed E-state index contributed by atoms with van der Waals surface area (Å²) in [5, 5.41) is 3.14. The van der Waals surface area contributed by atoms with Crippen molar-refractivity contribution >= 4 is 27.5 Å². The zero-order chi connectivity index (χ0) is 17.3. The van der Waals surface area contributed by atoms with E-state index in [9.17, 15) is 4.79 Å². The molecule has 3 N–H and O–H groups in total. The first kappa shape index (κ1) is 16.8. The number of nitrogen functional groups attached to an aromatic ring is 1. The van der Waals surface area contributed by atoms with Gasteiger partial charge in [0.25, 0.3) is 0 Å². The van der Waals surface area contributed by atoms with Crippen LogP contribution in [0.1, 0.15) is 37.4 Å². The Bertz CT molecular complexity index is 774. The molecule has 0 spiro atoms. The van der Waals surface area contributed by atoms with Crippen molar-refractivity contribution in [3.8, 4) is 5.75 Å². The predicted molar refractivity (Wildman–Crippen MR) is 98.9 cm³/mol. The molecular formula is C19H21BrN2O2. The number of halogens is 1. The molecule has 0 saturated carbocycles. The monoisotopic (exact) mass is 388 g/mol. The van der Waals surface area contributed by atoms with Gasteiger partial charge in [-0.3, -0.25) is 4.79 Å². The Balaban J connectivity index is 1.79. The molecule has 0 saturated heterocycles. The zero-order valence-corrected chi connectivity index (χ0v) is 15.4. The molecule has 3 rings (SSSR count). The minimum Gasteiger partial charge on any atom is -0.487 e. The molecule has 4 nitrogen and oxygen atoms in total. The van der Waals surface area contributed by atoms with Gasteiger partial charge in [-0.25, -0.2) is 0 Å². The van der Waals surface area contributed by atoms with E-state index in [2.05, 4.69) is 21.2 Å². The maximum absolute atomic E-state index is 12.5. The molecule has 0 radical (unpaired) electrons. The summed E-state index contributed by atoms with van der Waals surface area (Å²) in [6.45, 7) is 4.06. The number of carbonyl (C=O) groups excluding carboxylic acids is 1. The lowest BCUT2D eigenvalue weighted by atomic mass is 9.89. The minimum absolute atomic E-state index is 0.0100. The van der Waals surface area contributed by atoms with Crippen molar-refractivity contribution < 1.29 is 9.53 Å². The smallest absolute Gasteiger partial charge is 0.224 e. The molecule has 0 fully saturated rings. The molecule has 0 bridgehead atoms. The molecule has 0 aliphatic carbocycles. The molecule has 126 valence electrons. The Morgan fingerprint density at radius 3 is 2.88 bits per heavy atom. The second-order valence-electron chi connectivity index (χ2n) is 6.79. The highest BCUT2D eigenvalue weighted by molar-refractivity contribution is 9.10. The highest BCUT2D eigenvalue weighted by Gasteiger charge is 2.34. The van der Waals surface area contributed by atoms with Gasteiger partial charge in [0.1, 0.15) is 11.4 Å². The molecule has 1 aliphatic rings. The van der Waals surface area contributed by atoms with Crippen molar-refractivity contribution in [2.45, 2.75) is 38.3 Å². The van der Waals surface area contributed by atoms with Crippen molar-refractivity contribution in [1.29, 1.82) is 0 Å². The van der Waals surface area contributed by atoms with Crippen molar-refractivity contribution in [1.82, 2.24) is 5.32 Å². The van der Waals surface area contributed by atoms with Crippen LogP contribution in [0.3, 0.4) is 0 Å². The van der Waals surface area contributed by atoms with E-state index in [1.807, 2.05) is 56.3 Å². The normalized spacial score (nSPS) is 18.4. The molecule has 1 atom stereocenters. The average molecular weight is 389 g/mol. The van der Waals surface area contributed by atoms with Gasteiger partial charge in [-0.15, -0.1) is 0 Å². The van der Waals surface area contributed by atoms with E-state index >= 15 is 0 Å². The van der Waals surface area contributed by atoms with Gasteiger partial charge in [0.2, 0.25) is 5.91 Å². The minimum atomic E-state index is -0.336. The van der Waals surface area contributed by atoms with Gasteiger partial charge in [-0.05, 0) is 49.7 Å². The molecular weight excluding hydrogens is 368 g/mol. The number of nitrogens with two attached hydrogens (primary N) is 1. The number of anilines is 1. The van der Waals surface area contributed by atoms with Crippen molar-refractivity contribution in [2.75, 3.05) is 5.73 Å². The standard InChI is InChI=1S/C19H21BrN2O2/c1-19(2)11-16(15-10-14(21)6-7-17(15)24-19)22-18(23)9-12-4-3-5-13(20)8-12/h3-8,10,16H,9,11,21H2,1-2H3,(H,22,23). The third-order valence-electron chi connectivity index (χ3n) is 4.08. The molecule has 24 heavy (non-hydrogen) atoms. The highest BCUT2D eigenvalue weighted by atomic mass is 79.9. The maximum atomic E-state index is 12.5. The van der Waals surface area contributed by atoms with Crippen LogP contribution in [0.2, 0.25) is 0 Å². The quantitative estimate of drug-likeness (QED) is 0.781. The van der Waals surface area contributed by atoms with E-state index in [-0.39, 0.29) is 17.6 Å². The zero-order valence-electron chi connectivity index (χ0n) is 13.8. The van der Waals surface area contributed by atoms with Crippen LogP contribution in [0.5, 0.6) is 5.75 Å². The van der Waals surface area contributed by atoms with Crippen LogP contribution in [-0.2, 0) is 11.2 Å².